The Labute approximate surface area is 867 Å². The lowest BCUT2D eigenvalue weighted by Crippen LogP contribution is -2.62. The third-order valence-corrected chi connectivity index (χ3v) is 28.5. The molecule has 4 aliphatic heterocycles. The number of aliphatic carboxylic acids is 2. The Morgan fingerprint density at radius 3 is 1.32 bits per heavy atom. The lowest BCUT2D eigenvalue weighted by molar-refractivity contribution is -0.143. The fourth-order valence-electron chi connectivity index (χ4n) is 17.6. The fourth-order valence-corrected chi connectivity index (χ4v) is 20.5. The first-order valence-electron chi connectivity index (χ1n) is 48.3. The summed E-state index contributed by atoms with van der Waals surface area (Å²) in [6.45, 7) is 4.62. The number of amides is 16. The molecule has 1 saturated heterocycles. The normalized spacial score (nSPS) is 22.8. The minimum atomic E-state index is -2.06. The number of H-pyrrole nitrogens is 2. The molecule has 2 aromatic heterocycles. The van der Waals surface area contributed by atoms with E-state index in [1.165, 1.54) is 101 Å². The number of aromatic carboxylic acids is 3. The summed E-state index contributed by atoms with van der Waals surface area (Å²) in [6.07, 6.45) is -3.37. The van der Waals surface area contributed by atoms with Crippen molar-refractivity contribution in [1.82, 2.24) is 88.1 Å². The Hall–Kier alpha value is -15.0. The molecule has 10 bridgehead atoms. The van der Waals surface area contributed by atoms with Crippen LogP contribution in [0.15, 0.2) is 116 Å². The van der Waals surface area contributed by atoms with Gasteiger partial charge in [-0.1, -0.05) is 82.3 Å². The van der Waals surface area contributed by atoms with E-state index in [9.17, 15) is 93.0 Å². The zero-order valence-corrected chi connectivity index (χ0v) is 85.0. The van der Waals surface area contributed by atoms with Crippen LogP contribution in [-0.4, -0.2) is 311 Å². The minimum absolute atomic E-state index is 0.0248. The number of benzene rings is 5. The number of hydrogen-bond acceptors (Lipinski definition) is 26. The summed E-state index contributed by atoms with van der Waals surface area (Å²) in [5.74, 6) is -27.6. The van der Waals surface area contributed by atoms with E-state index < -0.39 is 311 Å². The van der Waals surface area contributed by atoms with Crippen molar-refractivity contribution in [3.8, 4) is 0 Å². The molecule has 13 atom stereocenters. The number of nitrogens with zero attached hydrogens (tertiary/aromatic N) is 4. The van der Waals surface area contributed by atoms with Crippen LogP contribution in [0.25, 0.3) is 21.8 Å². The highest BCUT2D eigenvalue weighted by Crippen LogP contribution is 2.30. The van der Waals surface area contributed by atoms with Crippen molar-refractivity contribution in [3.63, 3.8) is 0 Å². The molecule has 149 heavy (non-hydrogen) atoms. The van der Waals surface area contributed by atoms with Crippen LogP contribution in [0.5, 0.6) is 0 Å². The van der Waals surface area contributed by atoms with Crippen LogP contribution < -0.4 is 70.0 Å². The molecule has 5 aromatic carbocycles. The van der Waals surface area contributed by atoms with E-state index in [4.69, 9.17) is 11.5 Å². The van der Waals surface area contributed by atoms with E-state index in [0.717, 1.165) is 42.2 Å². The molecule has 0 radical (unpaired) electrons. The van der Waals surface area contributed by atoms with Gasteiger partial charge in [-0.2, -0.15) is 35.3 Å². The summed E-state index contributed by atoms with van der Waals surface area (Å²) >= 11 is 2.69. The van der Waals surface area contributed by atoms with Gasteiger partial charge < -0.3 is 130 Å². The van der Waals surface area contributed by atoms with Crippen LogP contribution in [0.3, 0.4) is 0 Å². The summed E-state index contributed by atoms with van der Waals surface area (Å²) < 4.78 is 0. The molecule has 4 aliphatic rings. The summed E-state index contributed by atoms with van der Waals surface area (Å²) in [5.41, 5.74) is 13.6. The van der Waals surface area contributed by atoms with Crippen molar-refractivity contribution in [2.24, 2.45) is 23.3 Å². The molecule has 0 aliphatic carbocycles. The first kappa shape index (κ1) is 114. The third kappa shape index (κ3) is 32.3. The maximum Gasteiger partial charge on any atom is 0.335 e. The predicted octanol–water partition coefficient (Wildman–Crippen LogP) is 0.346. The molecule has 7 aromatic rings. The number of carboxylic acids is 5. The lowest BCUT2D eigenvalue weighted by atomic mass is 9.99. The van der Waals surface area contributed by atoms with Crippen LogP contribution >= 0.6 is 35.3 Å². The number of primary amides is 1. The van der Waals surface area contributed by atoms with Gasteiger partial charge in [0.2, 0.25) is 94.5 Å². The highest BCUT2D eigenvalue weighted by Gasteiger charge is 2.43. The quantitative estimate of drug-likeness (QED) is 0.0551. The number of carboxylic acid groups (broad SMARTS) is 5. The molecule has 49 heteroatoms. The Balaban J connectivity index is 1.05. The maximum atomic E-state index is 15.8. The number of nitrogens with two attached hydrogens (primary N) is 2. The number of nitrogens with one attached hydrogen (secondary N) is 13. The van der Waals surface area contributed by atoms with Crippen molar-refractivity contribution >= 4 is 181 Å². The summed E-state index contributed by atoms with van der Waals surface area (Å²) in [5, 5.41) is 93.3. The average molecular weight is 2120 g/mol. The number of hydrogen-bond donors (Lipinski definition) is 21. The van der Waals surface area contributed by atoms with Crippen LogP contribution in [0.4, 0.5) is 0 Å². The lowest BCUT2D eigenvalue weighted by Gasteiger charge is -2.32. The topological polar surface area (TPSA) is 709 Å². The second-order valence-corrected chi connectivity index (χ2v) is 41.1. The molecule has 16 amide bonds. The first-order valence-corrected chi connectivity index (χ1v) is 51.7. The molecule has 46 nitrogen and oxygen atoms in total. The van der Waals surface area contributed by atoms with E-state index in [2.05, 4.69) is 68.5 Å². The van der Waals surface area contributed by atoms with Crippen LogP contribution in [0.2, 0.25) is 0 Å². The summed E-state index contributed by atoms with van der Waals surface area (Å²) in [4.78, 5) is 314. The molecule has 1 fully saturated rings. The SMILES string of the molecule is CC(C)[C@@H]1NC(=O)[C@H](Cc2c[nH]c3ccccc23)NC(=O)[C@@H]2CSCCC(=O)N3Cc4cc(cc(C(=O)O)c4)CN(Cc4cc(cc(C(=O)O)c4)CN(Cc4cc(cc(C(=O)O)c4)C3)C(=O)CCSC[C@H](NC(=O)[C@@H](C)N)C(=O)N[C@@H]([C@@H](C)O)C(=O)N[C@@H](CCC(=O)O)C(=O)N2)C(=O)CCSC[C@@H](C(N)=O)NC(=O)[C@@H]2CCCN2C(=O)[C@H](C(C)C)NC(=O)[C@H](Cc2c[nH]c3ccccc23)NC(=O)CNC(=O)[C@H](CC(=O)O)NC1=O. The number of carbonyl (C=O) groups excluding carboxylic acids is 16. The Kier molecular flexibility index (Phi) is 40.7. The highest BCUT2D eigenvalue weighted by atomic mass is 32.2. The molecule has 23 N–H and O–H groups in total. The van der Waals surface area contributed by atoms with Gasteiger partial charge in [-0.05, 0) is 138 Å². The predicted molar refractivity (Wildman–Crippen MR) is 543 cm³/mol. The van der Waals surface area contributed by atoms with Gasteiger partial charge in [-0.25, -0.2) is 14.4 Å². The minimum Gasteiger partial charge on any atom is -0.481 e. The van der Waals surface area contributed by atoms with Crippen molar-refractivity contribution in [2.45, 2.75) is 224 Å². The maximum absolute atomic E-state index is 15.8. The first-order chi connectivity index (χ1) is 70.7. The third-order valence-electron chi connectivity index (χ3n) is 25.3. The van der Waals surface area contributed by atoms with Gasteiger partial charge in [-0.3, -0.25) is 86.3 Å². The average Bonchev–Trinajstić information content (AvgIpc) is 1.78. The number of aliphatic hydroxyl groups excluding tert-OH is 1. The largest absolute Gasteiger partial charge is 0.481 e. The molecule has 0 spiro atoms. The fraction of sp³-hybridized carbons (Fsp3) is 0.450. The number of para-hydroxylation sites is 2. The number of fused-ring (bicyclic) bond motifs is 12. The number of aromatic nitrogens is 2. The van der Waals surface area contributed by atoms with Crippen LogP contribution in [0.1, 0.15) is 168 Å². The molecule has 11 rings (SSSR count). The van der Waals surface area contributed by atoms with Crippen molar-refractivity contribution in [1.29, 1.82) is 0 Å². The van der Waals surface area contributed by atoms with Crippen LogP contribution in [0, 0.1) is 11.8 Å². The van der Waals surface area contributed by atoms with Crippen LogP contribution in [-0.2, 0) is 138 Å². The van der Waals surface area contributed by atoms with Gasteiger partial charge in [0.1, 0.15) is 66.5 Å². The second kappa shape index (κ2) is 53.1. The monoisotopic (exact) mass is 2120 g/mol. The van der Waals surface area contributed by atoms with E-state index in [-0.39, 0.29) is 105 Å². The van der Waals surface area contributed by atoms with E-state index in [1.807, 2.05) is 0 Å². The van der Waals surface area contributed by atoms with Gasteiger partial charge >= 0.3 is 29.8 Å². The number of aliphatic hydroxyl groups is 1. The standard InChI is InChI=1S/C100H123N19O27S3/c1-50(2)83-95(138)109-72(37-82(127)128)88(131)105-40-77(121)106-70(35-63-38-103-67-14-9-7-12-65(63)67)90(133)114-84(51(3)4)97(140)119-22-11-16-76(119)94(137)110-73(86(102)129)47-147-23-19-78(122)116-41-54-26-56(31-60(29-54)98(141)142)43-117-44-58-28-59(34-62(33-58)100(145)146)46-118(45-57-27-55(42-116)30-61(32-57)99(143)144)80(124)21-25-149-49-75(111-87(130)52(5)101)93(136)115-85(53(6)120)96(139)107-69(17-18-81(125)126)89(132)112-74(48-148-24-20-79(117)123)92(135)108-71(91(134)113-83)36-64-39-104-68-15-10-8-13-66(64)68/h7-10,12-15,26-34,38-39,50-53,69-76,83-85,103-104,120H,11,16-25,35-37,40-49,101H2,1-6H3,(H2,102,129)(H,105,131)(H,106,121)(H,107,139)(H,108,135)(H,109,138)(H,110,137)(H,111,130)(H,112,132)(H,113,134)(H,114,133)(H,115,136)(H,125,126)(H,127,128)(H,141,142)(H,143,144)(H,145,146)/t52-,53-,69+,70+,71+,72+,73+,74+,75+,76+,83+,84+,85+/m1/s1. The number of rotatable bonds is 18. The van der Waals surface area contributed by atoms with Gasteiger partial charge in [-0.15, -0.1) is 0 Å². The smallest absolute Gasteiger partial charge is 0.335 e. The van der Waals surface area contributed by atoms with Gasteiger partial charge in [0, 0.05) is 153 Å². The highest BCUT2D eigenvalue weighted by molar-refractivity contribution is 7.99. The molecular weight excluding hydrogens is 2000 g/mol. The van der Waals surface area contributed by atoms with Gasteiger partial charge in [0.25, 0.3) is 0 Å². The number of thioether (sulfide) groups is 3. The Bertz CT molecular complexity index is 6240. The second-order valence-electron chi connectivity index (χ2n) is 37.7. The van der Waals surface area contributed by atoms with Crippen molar-refractivity contribution < 1.29 is 131 Å². The molecule has 0 unspecified atom stereocenters. The zero-order valence-electron chi connectivity index (χ0n) is 82.5. The van der Waals surface area contributed by atoms with Gasteiger partial charge in [0.15, 0.2) is 0 Å². The van der Waals surface area contributed by atoms with E-state index in [1.54, 1.807) is 68.6 Å². The number of aromatic amines is 2. The molecule has 0 saturated carbocycles. The number of carbonyl (C=O) groups is 21. The molecule has 6 heterocycles. The van der Waals surface area contributed by atoms with Crippen molar-refractivity contribution in [2.75, 3.05) is 47.6 Å². The Morgan fingerprint density at radius 2 is 0.872 bits per heavy atom. The molecule has 798 valence electrons. The molecular formula is C100H123N19O27S3. The van der Waals surface area contributed by atoms with E-state index in [0.29, 0.717) is 32.9 Å². The summed E-state index contributed by atoms with van der Waals surface area (Å²) in [6, 6.07) is 5.32. The Morgan fingerprint density at radius 1 is 0.450 bits per heavy atom. The van der Waals surface area contributed by atoms with Crippen molar-refractivity contribution in [3.05, 3.63) is 177 Å². The van der Waals surface area contributed by atoms with E-state index >= 15 is 38.4 Å². The summed E-state index contributed by atoms with van der Waals surface area (Å²) in [7, 11) is 0. The van der Waals surface area contributed by atoms with Gasteiger partial charge in [0.05, 0.1) is 41.8 Å². The zero-order chi connectivity index (χ0) is 108.